The lowest BCUT2D eigenvalue weighted by molar-refractivity contribution is -0.116. The summed E-state index contributed by atoms with van der Waals surface area (Å²) >= 11 is 0. The SMILES string of the molecule is COc1cccc(C2Nc3ccccc3NC3=C2C(=O)CC(c2ccc(C)cc2)C3)c1. The third kappa shape index (κ3) is 3.70. The minimum atomic E-state index is -0.229. The summed E-state index contributed by atoms with van der Waals surface area (Å²) in [6.45, 7) is 2.09. The van der Waals surface area contributed by atoms with E-state index in [0.717, 1.165) is 40.4 Å². The Labute approximate surface area is 183 Å². The highest BCUT2D eigenvalue weighted by molar-refractivity contribution is 6.01. The van der Waals surface area contributed by atoms with Gasteiger partial charge in [-0.1, -0.05) is 54.1 Å². The van der Waals surface area contributed by atoms with E-state index in [9.17, 15) is 4.79 Å². The van der Waals surface area contributed by atoms with Crippen molar-refractivity contribution < 1.29 is 9.53 Å². The molecule has 2 unspecified atom stereocenters. The van der Waals surface area contributed by atoms with Gasteiger partial charge < -0.3 is 15.4 Å². The number of rotatable bonds is 3. The predicted octanol–water partition coefficient (Wildman–Crippen LogP) is 5.98. The number of ketones is 1. The van der Waals surface area contributed by atoms with E-state index >= 15 is 0 Å². The molecule has 31 heavy (non-hydrogen) atoms. The molecule has 2 aliphatic rings. The van der Waals surface area contributed by atoms with Crippen molar-refractivity contribution in [3.63, 3.8) is 0 Å². The van der Waals surface area contributed by atoms with Crippen LogP contribution in [0.25, 0.3) is 0 Å². The molecule has 1 heterocycles. The number of para-hydroxylation sites is 2. The first-order chi connectivity index (χ1) is 15.1. The molecule has 5 rings (SSSR count). The lowest BCUT2D eigenvalue weighted by Crippen LogP contribution is -2.26. The molecule has 156 valence electrons. The monoisotopic (exact) mass is 410 g/mol. The van der Waals surface area contributed by atoms with Crippen molar-refractivity contribution in [1.82, 2.24) is 0 Å². The second-order valence-corrected chi connectivity index (χ2v) is 8.36. The number of nitrogens with one attached hydrogen (secondary N) is 2. The molecule has 3 aromatic carbocycles. The Kier molecular flexibility index (Phi) is 4.99. The molecule has 2 atom stereocenters. The van der Waals surface area contributed by atoms with Crippen LogP contribution < -0.4 is 15.4 Å². The van der Waals surface area contributed by atoms with E-state index in [2.05, 4.69) is 60.0 Å². The molecule has 0 aromatic heterocycles. The highest BCUT2D eigenvalue weighted by Gasteiger charge is 2.36. The Bertz CT molecular complexity index is 1160. The van der Waals surface area contributed by atoms with Crippen molar-refractivity contribution in [1.29, 1.82) is 0 Å². The quantitative estimate of drug-likeness (QED) is 0.557. The third-order valence-corrected chi connectivity index (χ3v) is 6.28. The molecule has 0 fully saturated rings. The van der Waals surface area contributed by atoms with Gasteiger partial charge >= 0.3 is 0 Å². The summed E-state index contributed by atoms with van der Waals surface area (Å²) in [6.07, 6.45) is 1.32. The summed E-state index contributed by atoms with van der Waals surface area (Å²) in [4.78, 5) is 13.6. The van der Waals surface area contributed by atoms with Crippen molar-refractivity contribution in [3.05, 3.63) is 101 Å². The number of fused-ring (bicyclic) bond motifs is 1. The molecule has 1 aliphatic carbocycles. The van der Waals surface area contributed by atoms with E-state index in [-0.39, 0.29) is 17.7 Å². The average molecular weight is 411 g/mol. The maximum absolute atomic E-state index is 13.6. The summed E-state index contributed by atoms with van der Waals surface area (Å²) in [7, 11) is 1.67. The number of hydrogen-bond donors (Lipinski definition) is 2. The topological polar surface area (TPSA) is 50.4 Å². The predicted molar refractivity (Wildman–Crippen MR) is 125 cm³/mol. The lowest BCUT2D eigenvalue weighted by Gasteiger charge is -2.30. The molecule has 1 aliphatic heterocycles. The Balaban J connectivity index is 1.60. The van der Waals surface area contributed by atoms with E-state index in [1.165, 1.54) is 11.1 Å². The minimum Gasteiger partial charge on any atom is -0.497 e. The van der Waals surface area contributed by atoms with Crippen LogP contribution in [0.3, 0.4) is 0 Å². The van der Waals surface area contributed by atoms with Gasteiger partial charge in [-0.05, 0) is 54.7 Å². The van der Waals surface area contributed by atoms with Gasteiger partial charge in [0.05, 0.1) is 24.5 Å². The van der Waals surface area contributed by atoms with Crippen molar-refractivity contribution in [2.24, 2.45) is 0 Å². The van der Waals surface area contributed by atoms with E-state index in [1.54, 1.807) is 7.11 Å². The molecular weight excluding hydrogens is 384 g/mol. The van der Waals surface area contributed by atoms with Crippen molar-refractivity contribution in [3.8, 4) is 5.75 Å². The lowest BCUT2D eigenvalue weighted by atomic mass is 9.78. The van der Waals surface area contributed by atoms with Gasteiger partial charge in [-0.25, -0.2) is 0 Å². The molecule has 0 radical (unpaired) electrons. The van der Waals surface area contributed by atoms with E-state index in [0.29, 0.717) is 6.42 Å². The zero-order valence-electron chi connectivity index (χ0n) is 17.8. The molecule has 0 saturated heterocycles. The number of benzene rings is 3. The summed E-state index contributed by atoms with van der Waals surface area (Å²) in [5, 5.41) is 7.22. The normalized spacial score (nSPS) is 20.1. The second kappa shape index (κ2) is 7.95. The Morgan fingerprint density at radius 3 is 2.42 bits per heavy atom. The van der Waals surface area contributed by atoms with Crippen LogP contribution in [0.5, 0.6) is 5.75 Å². The van der Waals surface area contributed by atoms with Gasteiger partial charge in [-0.15, -0.1) is 0 Å². The molecule has 0 bridgehead atoms. The summed E-state index contributed by atoms with van der Waals surface area (Å²) < 4.78 is 5.45. The van der Waals surface area contributed by atoms with Crippen molar-refractivity contribution in [2.45, 2.75) is 31.7 Å². The Morgan fingerprint density at radius 1 is 0.871 bits per heavy atom. The van der Waals surface area contributed by atoms with Crippen molar-refractivity contribution >= 4 is 17.2 Å². The first-order valence-electron chi connectivity index (χ1n) is 10.7. The largest absolute Gasteiger partial charge is 0.497 e. The van der Waals surface area contributed by atoms with Crippen LogP contribution in [-0.2, 0) is 4.79 Å². The van der Waals surface area contributed by atoms with Crippen LogP contribution in [0.4, 0.5) is 11.4 Å². The maximum Gasteiger partial charge on any atom is 0.163 e. The number of carbonyl (C=O) groups is 1. The number of hydrogen-bond acceptors (Lipinski definition) is 4. The molecule has 0 saturated carbocycles. The number of methoxy groups -OCH3 is 1. The van der Waals surface area contributed by atoms with Crippen LogP contribution in [0.1, 0.15) is 41.5 Å². The van der Waals surface area contributed by atoms with Gasteiger partial charge in [-0.3, -0.25) is 4.79 Å². The summed E-state index contributed by atoms with van der Waals surface area (Å²) in [5.74, 6) is 1.15. The van der Waals surface area contributed by atoms with Crippen LogP contribution in [0.2, 0.25) is 0 Å². The first-order valence-corrected chi connectivity index (χ1v) is 10.7. The fourth-order valence-electron chi connectivity index (χ4n) is 4.64. The number of Topliss-reactive ketones (excluding diaryl/α,β-unsaturated/α-hetero) is 1. The minimum absolute atomic E-state index is 0.176. The Hall–Kier alpha value is -3.53. The third-order valence-electron chi connectivity index (χ3n) is 6.28. The van der Waals surface area contributed by atoms with Gasteiger partial charge in [-0.2, -0.15) is 0 Å². The first kappa shape index (κ1) is 19.4. The number of anilines is 2. The van der Waals surface area contributed by atoms with E-state index in [4.69, 9.17) is 4.74 Å². The van der Waals surface area contributed by atoms with Gasteiger partial charge in [0.15, 0.2) is 5.78 Å². The Morgan fingerprint density at radius 2 is 1.65 bits per heavy atom. The van der Waals surface area contributed by atoms with E-state index in [1.807, 2.05) is 30.3 Å². The standard InChI is InChI=1S/C27H26N2O2/c1-17-10-12-18(13-11-17)20-15-24-26(25(30)16-20)27(19-6-5-7-21(14-19)31-2)29-23-9-4-3-8-22(23)28-24/h3-14,20,27-29H,15-16H2,1-2H3. The zero-order chi connectivity index (χ0) is 21.4. The van der Waals surface area contributed by atoms with Gasteiger partial charge in [0.25, 0.3) is 0 Å². The van der Waals surface area contributed by atoms with Crippen LogP contribution >= 0.6 is 0 Å². The van der Waals surface area contributed by atoms with E-state index < -0.39 is 0 Å². The molecule has 0 amide bonds. The fraction of sp³-hybridized carbons (Fsp3) is 0.222. The molecular formula is C27H26N2O2. The molecule has 0 spiro atoms. The highest BCUT2D eigenvalue weighted by atomic mass is 16.5. The number of carbonyl (C=O) groups excluding carboxylic acids is 1. The number of allylic oxidation sites excluding steroid dienone is 1. The van der Waals surface area contributed by atoms with Crippen molar-refractivity contribution in [2.75, 3.05) is 17.7 Å². The number of ether oxygens (including phenoxy) is 1. The average Bonchev–Trinajstić information content (AvgIpc) is 2.96. The molecule has 4 heteroatoms. The van der Waals surface area contributed by atoms with Crippen LogP contribution in [-0.4, -0.2) is 12.9 Å². The fourth-order valence-corrected chi connectivity index (χ4v) is 4.64. The highest BCUT2D eigenvalue weighted by Crippen LogP contribution is 2.44. The van der Waals surface area contributed by atoms with Gasteiger partial charge in [0, 0.05) is 17.7 Å². The number of aryl methyl sites for hydroxylation is 1. The second-order valence-electron chi connectivity index (χ2n) is 8.36. The van der Waals surface area contributed by atoms with Gasteiger partial charge in [0.1, 0.15) is 5.75 Å². The summed E-state index contributed by atoms with van der Waals surface area (Å²) in [6, 6.07) is 24.4. The van der Waals surface area contributed by atoms with Crippen LogP contribution in [0, 0.1) is 6.92 Å². The molecule has 4 nitrogen and oxygen atoms in total. The maximum atomic E-state index is 13.6. The van der Waals surface area contributed by atoms with Crippen LogP contribution in [0.15, 0.2) is 84.1 Å². The zero-order valence-corrected chi connectivity index (χ0v) is 17.8. The van der Waals surface area contributed by atoms with Gasteiger partial charge in [0.2, 0.25) is 0 Å². The smallest absolute Gasteiger partial charge is 0.163 e. The molecule has 3 aromatic rings. The molecule has 2 N–H and O–H groups in total. The summed E-state index contributed by atoms with van der Waals surface area (Å²) in [5.41, 5.74) is 7.29.